The number of hydrogen-bond donors (Lipinski definition) is 2. The number of nitrogens with one attached hydrogen (secondary N) is 2. The van der Waals surface area contributed by atoms with Crippen molar-refractivity contribution >= 4 is 34.1 Å². The van der Waals surface area contributed by atoms with Crippen molar-refractivity contribution < 1.29 is 0 Å². The number of fused-ring (bicyclic) bond motifs is 1. The lowest BCUT2D eigenvalue weighted by Gasteiger charge is -2.41. The molecule has 5 rings (SSSR count). The van der Waals surface area contributed by atoms with Crippen LogP contribution in [0.3, 0.4) is 0 Å². The van der Waals surface area contributed by atoms with Crippen LogP contribution in [0.1, 0.15) is 22.9 Å². The van der Waals surface area contributed by atoms with Gasteiger partial charge in [0.15, 0.2) is 0 Å². The van der Waals surface area contributed by atoms with Gasteiger partial charge < -0.3 is 10.3 Å². The molecule has 2 N–H and O–H groups in total. The highest BCUT2D eigenvalue weighted by Crippen LogP contribution is 2.37. The van der Waals surface area contributed by atoms with E-state index >= 15 is 0 Å². The Morgan fingerprint density at radius 1 is 1.03 bits per heavy atom. The minimum atomic E-state index is -0.109. The maximum absolute atomic E-state index is 12.6. The van der Waals surface area contributed by atoms with Crippen LogP contribution < -0.4 is 10.9 Å². The maximum Gasteiger partial charge on any atom is 0.258 e. The summed E-state index contributed by atoms with van der Waals surface area (Å²) in [7, 11) is 0. The molecule has 5 nitrogen and oxygen atoms in total. The van der Waals surface area contributed by atoms with E-state index in [4.69, 9.17) is 28.2 Å². The van der Waals surface area contributed by atoms with Crippen LogP contribution in [0.2, 0.25) is 10.0 Å². The predicted octanol–water partition coefficient (Wildman–Crippen LogP) is 4.84. The molecular formula is C26H24Cl2N4O. The van der Waals surface area contributed by atoms with Crippen LogP contribution in [0.5, 0.6) is 0 Å². The first-order chi connectivity index (χ1) is 16.1. The second-order valence-corrected chi connectivity index (χ2v) is 9.17. The molecule has 2 atom stereocenters. The van der Waals surface area contributed by atoms with E-state index in [9.17, 15) is 4.79 Å². The number of aromatic nitrogens is 2. The molecule has 2 unspecified atom stereocenters. The van der Waals surface area contributed by atoms with Crippen LogP contribution in [0.25, 0.3) is 10.9 Å². The smallest absolute Gasteiger partial charge is 0.258 e. The van der Waals surface area contributed by atoms with Gasteiger partial charge in [0.25, 0.3) is 5.56 Å². The molecule has 0 aliphatic carbocycles. The van der Waals surface area contributed by atoms with Crippen molar-refractivity contribution in [1.82, 2.24) is 20.2 Å². The van der Waals surface area contributed by atoms with Crippen LogP contribution >= 0.6 is 23.2 Å². The Morgan fingerprint density at radius 3 is 2.64 bits per heavy atom. The minimum absolute atomic E-state index is 0.0240. The highest BCUT2D eigenvalue weighted by atomic mass is 35.5. The van der Waals surface area contributed by atoms with Crippen molar-refractivity contribution in [1.29, 1.82) is 0 Å². The maximum atomic E-state index is 12.6. The third-order valence-electron chi connectivity index (χ3n) is 6.25. The molecule has 3 aromatic carbocycles. The van der Waals surface area contributed by atoms with Crippen molar-refractivity contribution in [3.8, 4) is 0 Å². The van der Waals surface area contributed by atoms with Gasteiger partial charge in [-0.2, -0.15) is 0 Å². The zero-order valence-electron chi connectivity index (χ0n) is 18.0. The van der Waals surface area contributed by atoms with Crippen molar-refractivity contribution in [3.63, 3.8) is 0 Å². The standard InChI is InChI=1S/C26H24Cl2N4O/c27-18-10-11-19(21(28)14-18)25(17-6-2-1-3-7-17)23-15-29-12-13-32(23)16-24-30-22-9-5-4-8-20(22)26(33)31-24/h1-11,14,23,25,29H,12-13,15-16H2,(H,30,31,33). The summed E-state index contributed by atoms with van der Waals surface area (Å²) in [6.45, 7) is 3.03. The van der Waals surface area contributed by atoms with E-state index in [-0.39, 0.29) is 17.5 Å². The van der Waals surface area contributed by atoms with Crippen molar-refractivity contribution in [2.24, 2.45) is 0 Å². The van der Waals surface area contributed by atoms with Crippen LogP contribution in [-0.4, -0.2) is 40.5 Å². The molecule has 7 heteroatoms. The summed E-state index contributed by atoms with van der Waals surface area (Å²) in [4.78, 5) is 22.7. The fourth-order valence-electron chi connectivity index (χ4n) is 4.72. The number of para-hydroxylation sites is 1. The Morgan fingerprint density at radius 2 is 1.82 bits per heavy atom. The van der Waals surface area contributed by atoms with Gasteiger partial charge in [-0.15, -0.1) is 0 Å². The monoisotopic (exact) mass is 478 g/mol. The molecular weight excluding hydrogens is 455 g/mol. The second-order valence-electron chi connectivity index (χ2n) is 8.33. The average Bonchev–Trinajstić information content (AvgIpc) is 2.82. The van der Waals surface area contributed by atoms with E-state index < -0.39 is 0 Å². The lowest BCUT2D eigenvalue weighted by Crippen LogP contribution is -2.53. The summed E-state index contributed by atoms with van der Waals surface area (Å²) in [5.41, 5.74) is 2.82. The molecule has 1 aromatic heterocycles. The van der Waals surface area contributed by atoms with E-state index in [2.05, 4.69) is 39.5 Å². The molecule has 1 aliphatic rings. The van der Waals surface area contributed by atoms with Gasteiger partial charge in [-0.3, -0.25) is 9.69 Å². The average molecular weight is 479 g/mol. The third-order valence-corrected chi connectivity index (χ3v) is 6.82. The summed E-state index contributed by atoms with van der Waals surface area (Å²) in [6, 6.07) is 23.6. The number of H-pyrrole nitrogens is 1. The first kappa shape index (κ1) is 22.1. The number of rotatable bonds is 5. The number of aromatic amines is 1. The number of nitrogens with zero attached hydrogens (tertiary/aromatic N) is 2. The first-order valence-electron chi connectivity index (χ1n) is 11.0. The molecule has 2 heterocycles. The largest absolute Gasteiger partial charge is 0.314 e. The fourth-order valence-corrected chi connectivity index (χ4v) is 5.24. The molecule has 1 aliphatic heterocycles. The molecule has 4 aromatic rings. The lowest BCUT2D eigenvalue weighted by atomic mass is 9.83. The third kappa shape index (κ3) is 4.68. The van der Waals surface area contributed by atoms with Gasteiger partial charge in [0.2, 0.25) is 0 Å². The van der Waals surface area contributed by atoms with Gasteiger partial charge in [-0.05, 0) is 35.4 Å². The number of benzene rings is 3. The zero-order valence-corrected chi connectivity index (χ0v) is 19.5. The van der Waals surface area contributed by atoms with Gasteiger partial charge >= 0.3 is 0 Å². The van der Waals surface area contributed by atoms with Crippen LogP contribution in [0.4, 0.5) is 0 Å². The topological polar surface area (TPSA) is 61.0 Å². The Bertz CT molecular complexity index is 1320. The quantitative estimate of drug-likeness (QED) is 0.430. The van der Waals surface area contributed by atoms with Gasteiger partial charge in [-0.25, -0.2) is 4.98 Å². The van der Waals surface area contributed by atoms with E-state index in [1.807, 2.05) is 36.4 Å². The van der Waals surface area contributed by atoms with Gasteiger partial charge in [0.1, 0.15) is 5.82 Å². The Labute approximate surface area is 202 Å². The van der Waals surface area contributed by atoms with Crippen LogP contribution in [0.15, 0.2) is 77.6 Å². The van der Waals surface area contributed by atoms with Crippen molar-refractivity contribution in [2.45, 2.75) is 18.5 Å². The number of halogens is 2. The van der Waals surface area contributed by atoms with Gasteiger partial charge in [-0.1, -0.05) is 71.7 Å². The minimum Gasteiger partial charge on any atom is -0.314 e. The highest BCUT2D eigenvalue weighted by Gasteiger charge is 2.33. The van der Waals surface area contributed by atoms with Gasteiger partial charge in [0.05, 0.1) is 17.4 Å². The van der Waals surface area contributed by atoms with Crippen molar-refractivity contribution in [3.05, 3.63) is 110 Å². The summed E-state index contributed by atoms with van der Waals surface area (Å²) in [6.07, 6.45) is 0. The van der Waals surface area contributed by atoms with E-state index in [0.717, 1.165) is 25.2 Å². The molecule has 33 heavy (non-hydrogen) atoms. The van der Waals surface area contributed by atoms with E-state index in [0.29, 0.717) is 33.3 Å². The highest BCUT2D eigenvalue weighted by molar-refractivity contribution is 6.35. The normalized spacial score (nSPS) is 17.8. The van der Waals surface area contributed by atoms with Crippen LogP contribution in [-0.2, 0) is 6.54 Å². The number of piperazine rings is 1. The lowest BCUT2D eigenvalue weighted by molar-refractivity contribution is 0.136. The fraction of sp³-hybridized carbons (Fsp3) is 0.231. The van der Waals surface area contributed by atoms with E-state index in [1.165, 1.54) is 5.56 Å². The Hall–Kier alpha value is -2.70. The number of hydrogen-bond acceptors (Lipinski definition) is 4. The molecule has 168 valence electrons. The SMILES string of the molecule is O=c1[nH]c(CN2CCNCC2C(c2ccccc2)c2ccc(Cl)cc2Cl)nc2ccccc12. The van der Waals surface area contributed by atoms with Gasteiger partial charge in [0, 0.05) is 41.6 Å². The molecule has 0 radical (unpaired) electrons. The summed E-state index contributed by atoms with van der Waals surface area (Å²) < 4.78 is 0. The first-order valence-corrected chi connectivity index (χ1v) is 11.8. The van der Waals surface area contributed by atoms with E-state index in [1.54, 1.807) is 12.1 Å². The zero-order chi connectivity index (χ0) is 22.8. The summed E-state index contributed by atoms with van der Waals surface area (Å²) in [5, 5.41) is 5.41. The summed E-state index contributed by atoms with van der Waals surface area (Å²) >= 11 is 12.9. The summed E-state index contributed by atoms with van der Waals surface area (Å²) in [5.74, 6) is 0.690. The molecule has 1 fully saturated rings. The molecule has 0 saturated carbocycles. The Balaban J connectivity index is 1.54. The molecule has 0 spiro atoms. The molecule has 0 amide bonds. The van der Waals surface area contributed by atoms with Crippen LogP contribution in [0, 0.1) is 0 Å². The molecule has 1 saturated heterocycles. The second kappa shape index (κ2) is 9.65. The predicted molar refractivity (Wildman–Crippen MR) is 134 cm³/mol. The molecule has 0 bridgehead atoms. The van der Waals surface area contributed by atoms with Crippen molar-refractivity contribution in [2.75, 3.05) is 19.6 Å². The Kier molecular flexibility index (Phi) is 6.47.